The molecule has 1 N–H and O–H groups in total. The van der Waals surface area contributed by atoms with Crippen molar-refractivity contribution in [2.75, 3.05) is 44.9 Å². The standard InChI is InChI=1S/C16H25NO4/c1-14-6-3-4-7-15(14)17(10-8-16(18)19)9-5-11-21-13-12-20-2/h3-4,6-7H,5,8-13H2,1-2H3,(H,18,19). The number of anilines is 1. The van der Waals surface area contributed by atoms with Gasteiger partial charge in [0.25, 0.3) is 0 Å². The Morgan fingerprint density at radius 2 is 1.95 bits per heavy atom. The maximum Gasteiger partial charge on any atom is 0.305 e. The maximum atomic E-state index is 10.8. The van der Waals surface area contributed by atoms with E-state index in [1.165, 1.54) is 0 Å². The molecule has 1 aromatic carbocycles. The molecule has 0 radical (unpaired) electrons. The molecule has 0 heterocycles. The second-order valence-corrected chi connectivity index (χ2v) is 4.88. The van der Waals surface area contributed by atoms with E-state index in [1.54, 1.807) is 7.11 Å². The molecule has 0 saturated heterocycles. The van der Waals surface area contributed by atoms with Gasteiger partial charge in [0.15, 0.2) is 0 Å². The van der Waals surface area contributed by atoms with Gasteiger partial charge in [-0.05, 0) is 25.0 Å². The SMILES string of the molecule is COCCOCCCN(CCC(=O)O)c1ccccc1C. The summed E-state index contributed by atoms with van der Waals surface area (Å²) in [6, 6.07) is 8.04. The summed E-state index contributed by atoms with van der Waals surface area (Å²) in [5, 5.41) is 8.88. The highest BCUT2D eigenvalue weighted by Gasteiger charge is 2.10. The molecule has 21 heavy (non-hydrogen) atoms. The summed E-state index contributed by atoms with van der Waals surface area (Å²) in [6.45, 7) is 5.18. The Labute approximate surface area is 126 Å². The molecule has 0 atom stereocenters. The topological polar surface area (TPSA) is 59.0 Å². The number of carboxylic acid groups (broad SMARTS) is 1. The molecule has 118 valence electrons. The van der Waals surface area contributed by atoms with Gasteiger partial charge < -0.3 is 19.5 Å². The van der Waals surface area contributed by atoms with Gasteiger partial charge in [0.05, 0.1) is 19.6 Å². The molecule has 1 rings (SSSR count). The van der Waals surface area contributed by atoms with Crippen LogP contribution in [-0.4, -0.2) is 51.1 Å². The summed E-state index contributed by atoms with van der Waals surface area (Å²) in [5.41, 5.74) is 2.25. The molecule has 0 aliphatic rings. The number of methoxy groups -OCH3 is 1. The first kappa shape index (κ1) is 17.5. The highest BCUT2D eigenvalue weighted by atomic mass is 16.5. The smallest absolute Gasteiger partial charge is 0.305 e. The average molecular weight is 295 g/mol. The number of benzene rings is 1. The third-order valence-electron chi connectivity index (χ3n) is 3.20. The maximum absolute atomic E-state index is 10.8. The van der Waals surface area contributed by atoms with Crippen molar-refractivity contribution in [2.45, 2.75) is 19.8 Å². The number of hydrogen-bond donors (Lipinski definition) is 1. The van der Waals surface area contributed by atoms with Gasteiger partial charge in [0, 0.05) is 32.5 Å². The predicted molar refractivity (Wildman–Crippen MR) is 83.0 cm³/mol. The average Bonchev–Trinajstić information content (AvgIpc) is 2.46. The number of ether oxygens (including phenoxy) is 2. The first-order valence-electron chi connectivity index (χ1n) is 7.24. The minimum Gasteiger partial charge on any atom is -0.481 e. The molecule has 0 aromatic heterocycles. The van der Waals surface area contributed by atoms with Gasteiger partial charge in [-0.2, -0.15) is 0 Å². The molecule has 5 heteroatoms. The van der Waals surface area contributed by atoms with Crippen LogP contribution in [0.3, 0.4) is 0 Å². The lowest BCUT2D eigenvalue weighted by atomic mass is 10.1. The number of aryl methyl sites for hydroxylation is 1. The van der Waals surface area contributed by atoms with Gasteiger partial charge in [-0.3, -0.25) is 4.79 Å². The number of carbonyl (C=O) groups is 1. The van der Waals surface area contributed by atoms with E-state index >= 15 is 0 Å². The third-order valence-corrected chi connectivity index (χ3v) is 3.20. The normalized spacial score (nSPS) is 10.6. The second kappa shape index (κ2) is 10.2. The van der Waals surface area contributed by atoms with E-state index < -0.39 is 5.97 Å². The Morgan fingerprint density at radius 1 is 1.19 bits per heavy atom. The number of hydrogen-bond acceptors (Lipinski definition) is 4. The number of rotatable bonds is 11. The van der Waals surface area contributed by atoms with E-state index in [2.05, 4.69) is 4.90 Å². The van der Waals surface area contributed by atoms with Crippen molar-refractivity contribution < 1.29 is 19.4 Å². The molecule has 0 spiro atoms. The fourth-order valence-corrected chi connectivity index (χ4v) is 2.10. The summed E-state index contributed by atoms with van der Waals surface area (Å²) < 4.78 is 10.4. The van der Waals surface area contributed by atoms with E-state index in [0.717, 1.165) is 24.2 Å². The van der Waals surface area contributed by atoms with Crippen molar-refractivity contribution in [1.82, 2.24) is 0 Å². The van der Waals surface area contributed by atoms with Gasteiger partial charge in [-0.15, -0.1) is 0 Å². The first-order chi connectivity index (χ1) is 10.1. The fraction of sp³-hybridized carbons (Fsp3) is 0.562. The van der Waals surface area contributed by atoms with Crippen LogP contribution >= 0.6 is 0 Å². The minimum absolute atomic E-state index is 0.138. The van der Waals surface area contributed by atoms with Crippen LogP contribution in [0.2, 0.25) is 0 Å². The molecule has 1 aromatic rings. The lowest BCUT2D eigenvalue weighted by molar-refractivity contribution is -0.136. The van der Waals surface area contributed by atoms with Crippen LogP contribution in [0.1, 0.15) is 18.4 Å². The Hall–Kier alpha value is -1.59. The minimum atomic E-state index is -0.773. The van der Waals surface area contributed by atoms with Crippen LogP contribution in [0.4, 0.5) is 5.69 Å². The van der Waals surface area contributed by atoms with Crippen molar-refractivity contribution in [3.63, 3.8) is 0 Å². The zero-order chi connectivity index (χ0) is 15.5. The van der Waals surface area contributed by atoms with Crippen LogP contribution < -0.4 is 4.90 Å². The monoisotopic (exact) mass is 295 g/mol. The third kappa shape index (κ3) is 7.11. The highest BCUT2D eigenvalue weighted by molar-refractivity contribution is 5.68. The molecule has 0 amide bonds. The summed E-state index contributed by atoms with van der Waals surface area (Å²) in [7, 11) is 1.65. The van der Waals surface area contributed by atoms with Gasteiger partial charge in [0.2, 0.25) is 0 Å². The number of nitrogens with zero attached hydrogens (tertiary/aromatic N) is 1. The van der Waals surface area contributed by atoms with Crippen molar-refractivity contribution in [2.24, 2.45) is 0 Å². The van der Waals surface area contributed by atoms with Crippen molar-refractivity contribution in [3.05, 3.63) is 29.8 Å². The van der Waals surface area contributed by atoms with E-state index in [0.29, 0.717) is 26.4 Å². The summed E-state index contributed by atoms with van der Waals surface area (Å²) in [5.74, 6) is -0.773. The lowest BCUT2D eigenvalue weighted by Gasteiger charge is -2.26. The second-order valence-electron chi connectivity index (χ2n) is 4.88. The zero-order valence-corrected chi connectivity index (χ0v) is 12.9. The van der Waals surface area contributed by atoms with E-state index in [1.807, 2.05) is 31.2 Å². The molecular weight excluding hydrogens is 270 g/mol. The van der Waals surface area contributed by atoms with Gasteiger partial charge in [-0.25, -0.2) is 0 Å². The Balaban J connectivity index is 2.49. The molecule has 0 unspecified atom stereocenters. The first-order valence-corrected chi connectivity index (χ1v) is 7.24. The van der Waals surface area contributed by atoms with Crippen molar-refractivity contribution in [1.29, 1.82) is 0 Å². The van der Waals surface area contributed by atoms with E-state index in [9.17, 15) is 4.79 Å². The van der Waals surface area contributed by atoms with Gasteiger partial charge >= 0.3 is 5.97 Å². The summed E-state index contributed by atoms with van der Waals surface area (Å²) in [6.07, 6.45) is 0.997. The van der Waals surface area contributed by atoms with Crippen LogP contribution in [0, 0.1) is 6.92 Å². The van der Waals surface area contributed by atoms with Crippen LogP contribution in [0.5, 0.6) is 0 Å². The molecule has 0 fully saturated rings. The zero-order valence-electron chi connectivity index (χ0n) is 12.9. The molecule has 0 saturated carbocycles. The van der Waals surface area contributed by atoms with Crippen LogP contribution in [0.15, 0.2) is 24.3 Å². The summed E-state index contributed by atoms with van der Waals surface area (Å²) >= 11 is 0. The molecule has 0 bridgehead atoms. The van der Waals surface area contributed by atoms with E-state index in [-0.39, 0.29) is 6.42 Å². The number of carboxylic acids is 1. The van der Waals surface area contributed by atoms with Crippen LogP contribution in [-0.2, 0) is 14.3 Å². The summed E-state index contributed by atoms with van der Waals surface area (Å²) in [4.78, 5) is 12.9. The van der Waals surface area contributed by atoms with Crippen molar-refractivity contribution in [3.8, 4) is 0 Å². The lowest BCUT2D eigenvalue weighted by Crippen LogP contribution is -2.28. The van der Waals surface area contributed by atoms with E-state index in [4.69, 9.17) is 14.6 Å². The quantitative estimate of drug-likeness (QED) is 0.635. The molecular formula is C16H25NO4. The van der Waals surface area contributed by atoms with Gasteiger partial charge in [0.1, 0.15) is 0 Å². The number of aliphatic carboxylic acids is 1. The van der Waals surface area contributed by atoms with Gasteiger partial charge in [-0.1, -0.05) is 18.2 Å². The van der Waals surface area contributed by atoms with Crippen LogP contribution in [0.25, 0.3) is 0 Å². The molecule has 0 aliphatic heterocycles. The Bertz CT molecular complexity index is 422. The largest absolute Gasteiger partial charge is 0.481 e. The Morgan fingerprint density at radius 3 is 2.62 bits per heavy atom. The molecule has 5 nitrogen and oxygen atoms in total. The van der Waals surface area contributed by atoms with Crippen molar-refractivity contribution >= 4 is 11.7 Å². The Kier molecular flexibility index (Phi) is 8.47. The highest BCUT2D eigenvalue weighted by Crippen LogP contribution is 2.19. The predicted octanol–water partition coefficient (Wildman–Crippen LogP) is 2.33. The number of para-hydroxylation sites is 1. The molecule has 0 aliphatic carbocycles. The fourth-order valence-electron chi connectivity index (χ4n) is 2.10.